The normalized spacial score (nSPS) is 21.0. The fourth-order valence-electron chi connectivity index (χ4n) is 1.56. The van der Waals surface area contributed by atoms with Crippen molar-refractivity contribution < 1.29 is 13.2 Å². The van der Waals surface area contributed by atoms with Crippen molar-refractivity contribution in [3.63, 3.8) is 0 Å². The molecule has 1 aliphatic rings. The number of aromatic nitrogens is 2. The lowest BCUT2D eigenvalue weighted by molar-refractivity contribution is 0.184. The Labute approximate surface area is 101 Å². The molecule has 2 rings (SSSR count). The Kier molecular flexibility index (Phi) is 3.36. The van der Waals surface area contributed by atoms with Gasteiger partial charge in [-0.15, -0.1) is 0 Å². The average Bonchev–Trinajstić information content (AvgIpc) is 2.85. The lowest BCUT2D eigenvalue weighted by Crippen LogP contribution is -2.28. The first kappa shape index (κ1) is 12.3. The second-order valence-electron chi connectivity index (χ2n) is 4.12. The van der Waals surface area contributed by atoms with Crippen LogP contribution in [0, 0.1) is 0 Å². The van der Waals surface area contributed by atoms with Gasteiger partial charge < -0.3 is 4.74 Å². The number of ether oxygens (including phenoxy) is 1. The molecule has 96 valence electrons. The third-order valence-corrected chi connectivity index (χ3v) is 4.06. The summed E-state index contributed by atoms with van der Waals surface area (Å²) in [6.45, 7) is 1.35. The van der Waals surface area contributed by atoms with Gasteiger partial charge >= 0.3 is 10.2 Å². The lowest BCUT2D eigenvalue weighted by atomic mass is 10.3. The van der Waals surface area contributed by atoms with E-state index in [1.54, 1.807) is 10.9 Å². The molecule has 0 radical (unpaired) electrons. The van der Waals surface area contributed by atoms with Crippen LogP contribution in [0.1, 0.15) is 12.5 Å². The van der Waals surface area contributed by atoms with Gasteiger partial charge in [-0.25, -0.2) is 0 Å². The SMILES string of the molecule is CN(C)S(=O)(=O)Nc1cnn(C2CCOC2)c1. The van der Waals surface area contributed by atoms with E-state index >= 15 is 0 Å². The highest BCUT2D eigenvalue weighted by Gasteiger charge is 2.19. The molecule has 17 heavy (non-hydrogen) atoms. The molecule has 1 aromatic rings. The van der Waals surface area contributed by atoms with Gasteiger partial charge in [-0.2, -0.15) is 17.8 Å². The van der Waals surface area contributed by atoms with Crippen LogP contribution in [-0.2, 0) is 14.9 Å². The Morgan fingerprint density at radius 1 is 1.59 bits per heavy atom. The Balaban J connectivity index is 2.08. The fraction of sp³-hybridized carbons (Fsp3) is 0.667. The van der Waals surface area contributed by atoms with Crippen molar-refractivity contribution in [3.05, 3.63) is 12.4 Å². The molecule has 0 amide bonds. The summed E-state index contributed by atoms with van der Waals surface area (Å²) in [6.07, 6.45) is 4.08. The standard InChI is InChI=1S/C9H16N4O3S/c1-12(2)17(14,15)11-8-5-10-13(6-8)9-3-4-16-7-9/h5-6,9,11H,3-4,7H2,1-2H3. The molecule has 1 N–H and O–H groups in total. The van der Waals surface area contributed by atoms with Gasteiger partial charge in [0.25, 0.3) is 0 Å². The van der Waals surface area contributed by atoms with Crippen molar-refractivity contribution in [2.45, 2.75) is 12.5 Å². The molecule has 2 heterocycles. The van der Waals surface area contributed by atoms with Crippen LogP contribution in [-0.4, -0.2) is 49.8 Å². The molecule has 1 aliphatic heterocycles. The first-order chi connectivity index (χ1) is 7.99. The van der Waals surface area contributed by atoms with E-state index < -0.39 is 10.2 Å². The van der Waals surface area contributed by atoms with Crippen molar-refractivity contribution in [1.29, 1.82) is 0 Å². The van der Waals surface area contributed by atoms with Crippen molar-refractivity contribution in [3.8, 4) is 0 Å². The molecule has 0 bridgehead atoms. The minimum absolute atomic E-state index is 0.201. The van der Waals surface area contributed by atoms with Gasteiger partial charge in [0.15, 0.2) is 0 Å². The summed E-state index contributed by atoms with van der Waals surface area (Å²) in [4.78, 5) is 0. The highest BCUT2D eigenvalue weighted by Crippen LogP contribution is 2.20. The summed E-state index contributed by atoms with van der Waals surface area (Å²) < 4.78 is 33.7. The molecule has 1 atom stereocenters. The van der Waals surface area contributed by atoms with Crippen molar-refractivity contribution >= 4 is 15.9 Å². The molecule has 1 unspecified atom stereocenters. The van der Waals surface area contributed by atoms with Gasteiger partial charge in [0.05, 0.1) is 24.5 Å². The highest BCUT2D eigenvalue weighted by molar-refractivity contribution is 7.90. The van der Waals surface area contributed by atoms with Crippen LogP contribution >= 0.6 is 0 Å². The van der Waals surface area contributed by atoms with Gasteiger partial charge in [0, 0.05) is 26.9 Å². The monoisotopic (exact) mass is 260 g/mol. The van der Waals surface area contributed by atoms with E-state index in [-0.39, 0.29) is 6.04 Å². The summed E-state index contributed by atoms with van der Waals surface area (Å²) in [6, 6.07) is 0.201. The molecular weight excluding hydrogens is 244 g/mol. The maximum Gasteiger partial charge on any atom is 0.301 e. The van der Waals surface area contributed by atoms with E-state index in [2.05, 4.69) is 9.82 Å². The summed E-state index contributed by atoms with van der Waals surface area (Å²) in [5.41, 5.74) is 0.464. The predicted octanol–water partition coefficient (Wildman–Crippen LogP) is 0.0628. The smallest absolute Gasteiger partial charge is 0.301 e. The van der Waals surface area contributed by atoms with Gasteiger partial charge in [-0.1, -0.05) is 0 Å². The topological polar surface area (TPSA) is 76.5 Å². The second-order valence-corrected chi connectivity index (χ2v) is 6.00. The van der Waals surface area contributed by atoms with Crippen molar-refractivity contribution in [2.24, 2.45) is 0 Å². The Hall–Kier alpha value is -1.12. The zero-order valence-corrected chi connectivity index (χ0v) is 10.6. The van der Waals surface area contributed by atoms with Gasteiger partial charge in [-0.3, -0.25) is 9.40 Å². The van der Waals surface area contributed by atoms with Crippen LogP contribution in [0.2, 0.25) is 0 Å². The highest BCUT2D eigenvalue weighted by atomic mass is 32.2. The maximum absolute atomic E-state index is 11.6. The molecule has 0 aliphatic carbocycles. The number of hydrogen-bond donors (Lipinski definition) is 1. The molecule has 1 aromatic heterocycles. The summed E-state index contributed by atoms with van der Waals surface area (Å²) in [5, 5.41) is 4.13. The molecule has 7 nitrogen and oxygen atoms in total. The molecule has 1 saturated heterocycles. The minimum Gasteiger partial charge on any atom is -0.379 e. The summed E-state index contributed by atoms with van der Waals surface area (Å²) in [7, 11) is -0.523. The quantitative estimate of drug-likeness (QED) is 0.830. The van der Waals surface area contributed by atoms with Crippen LogP contribution in [0.4, 0.5) is 5.69 Å². The Morgan fingerprint density at radius 2 is 2.35 bits per heavy atom. The van der Waals surface area contributed by atoms with Crippen LogP contribution in [0.15, 0.2) is 12.4 Å². The van der Waals surface area contributed by atoms with Crippen LogP contribution in [0.5, 0.6) is 0 Å². The summed E-state index contributed by atoms with van der Waals surface area (Å²) in [5.74, 6) is 0. The van der Waals surface area contributed by atoms with E-state index in [1.807, 2.05) is 0 Å². The minimum atomic E-state index is -3.46. The number of anilines is 1. The first-order valence-corrected chi connectivity index (χ1v) is 6.75. The maximum atomic E-state index is 11.6. The Morgan fingerprint density at radius 3 is 2.94 bits per heavy atom. The third-order valence-electron chi connectivity index (χ3n) is 2.61. The number of rotatable bonds is 4. The molecular formula is C9H16N4O3S. The van der Waals surface area contributed by atoms with E-state index in [4.69, 9.17) is 4.74 Å². The zero-order chi connectivity index (χ0) is 12.5. The van der Waals surface area contributed by atoms with Crippen molar-refractivity contribution in [2.75, 3.05) is 32.0 Å². The molecule has 0 aromatic carbocycles. The van der Waals surface area contributed by atoms with E-state index in [9.17, 15) is 8.42 Å². The first-order valence-electron chi connectivity index (χ1n) is 5.31. The zero-order valence-electron chi connectivity index (χ0n) is 9.83. The molecule has 0 saturated carbocycles. The third kappa shape index (κ3) is 2.76. The van der Waals surface area contributed by atoms with Gasteiger partial charge in [-0.05, 0) is 6.42 Å². The average molecular weight is 260 g/mol. The second kappa shape index (κ2) is 4.63. The summed E-state index contributed by atoms with van der Waals surface area (Å²) >= 11 is 0. The van der Waals surface area contributed by atoms with Crippen molar-refractivity contribution in [1.82, 2.24) is 14.1 Å². The molecule has 8 heteroatoms. The van der Waals surface area contributed by atoms with E-state index in [0.29, 0.717) is 12.3 Å². The Bertz CT molecular complexity index is 476. The van der Waals surface area contributed by atoms with E-state index in [1.165, 1.54) is 20.3 Å². The molecule has 0 spiro atoms. The van der Waals surface area contributed by atoms with Crippen LogP contribution in [0.3, 0.4) is 0 Å². The fourth-order valence-corrected chi connectivity index (χ4v) is 2.15. The predicted molar refractivity (Wildman–Crippen MR) is 62.9 cm³/mol. The van der Waals surface area contributed by atoms with Crippen LogP contribution < -0.4 is 4.72 Å². The van der Waals surface area contributed by atoms with Gasteiger partial charge in [0.1, 0.15) is 0 Å². The molecule has 1 fully saturated rings. The largest absolute Gasteiger partial charge is 0.379 e. The van der Waals surface area contributed by atoms with Gasteiger partial charge in [0.2, 0.25) is 0 Å². The number of hydrogen-bond acceptors (Lipinski definition) is 4. The number of nitrogens with one attached hydrogen (secondary N) is 1. The lowest BCUT2D eigenvalue weighted by Gasteiger charge is -2.11. The van der Waals surface area contributed by atoms with E-state index in [0.717, 1.165) is 17.3 Å². The number of nitrogens with zero attached hydrogens (tertiary/aromatic N) is 3. The van der Waals surface area contributed by atoms with Crippen LogP contribution in [0.25, 0.3) is 0 Å².